The minimum Gasteiger partial charge on any atom is -0.444 e. The van der Waals surface area contributed by atoms with Gasteiger partial charge in [-0.1, -0.05) is 0 Å². The van der Waals surface area contributed by atoms with E-state index in [1.54, 1.807) is 4.90 Å². The molecule has 0 spiro atoms. The summed E-state index contributed by atoms with van der Waals surface area (Å²) in [5, 5.41) is -0.185. The molecule has 0 aromatic carbocycles. The lowest BCUT2D eigenvalue weighted by Gasteiger charge is -2.26. The number of hydrogen-bond acceptors (Lipinski definition) is 4. The van der Waals surface area contributed by atoms with Gasteiger partial charge >= 0.3 is 6.09 Å². The first-order valence-corrected chi connectivity index (χ1v) is 8.67. The molecule has 2 aliphatic rings. The van der Waals surface area contributed by atoms with E-state index in [1.165, 1.54) is 4.31 Å². The molecule has 0 atom stereocenters. The van der Waals surface area contributed by atoms with Crippen LogP contribution >= 0.6 is 0 Å². The Morgan fingerprint density at radius 2 is 1.75 bits per heavy atom. The number of ether oxygens (including phenoxy) is 1. The molecule has 6 nitrogen and oxygen atoms in total. The predicted molar refractivity (Wildman–Crippen MR) is 75.9 cm³/mol. The molecular weight excluding hydrogens is 280 g/mol. The van der Waals surface area contributed by atoms with E-state index >= 15 is 0 Å². The predicted octanol–water partition coefficient (Wildman–Crippen LogP) is 1.42. The lowest BCUT2D eigenvalue weighted by Crippen LogP contribution is -2.40. The Hall–Kier alpha value is -0.820. The van der Waals surface area contributed by atoms with Gasteiger partial charge < -0.3 is 9.64 Å². The summed E-state index contributed by atoms with van der Waals surface area (Å²) in [7, 11) is -3.14. The number of carbonyl (C=O) groups is 1. The van der Waals surface area contributed by atoms with E-state index in [0.717, 1.165) is 12.8 Å². The fourth-order valence-corrected chi connectivity index (χ4v) is 4.11. The molecule has 7 heteroatoms. The summed E-state index contributed by atoms with van der Waals surface area (Å²) in [5.74, 6) is 0. The Bertz CT molecular complexity index is 465. The van der Waals surface area contributed by atoms with Gasteiger partial charge in [-0.25, -0.2) is 13.2 Å². The lowest BCUT2D eigenvalue weighted by molar-refractivity contribution is 0.0260. The molecule has 1 saturated carbocycles. The van der Waals surface area contributed by atoms with Gasteiger partial charge in [0.2, 0.25) is 10.0 Å². The highest BCUT2D eigenvalue weighted by atomic mass is 32.2. The molecule has 1 aliphatic carbocycles. The maximum Gasteiger partial charge on any atom is 0.410 e. The number of nitrogens with zero attached hydrogens (tertiary/aromatic N) is 2. The van der Waals surface area contributed by atoms with Gasteiger partial charge in [0.05, 0.1) is 5.25 Å². The summed E-state index contributed by atoms with van der Waals surface area (Å²) in [6.07, 6.45) is 1.84. The van der Waals surface area contributed by atoms with Crippen molar-refractivity contribution in [2.45, 2.75) is 50.9 Å². The summed E-state index contributed by atoms with van der Waals surface area (Å²) >= 11 is 0. The molecule has 1 amide bonds. The van der Waals surface area contributed by atoms with E-state index in [9.17, 15) is 13.2 Å². The Labute approximate surface area is 121 Å². The monoisotopic (exact) mass is 304 g/mol. The number of hydrogen-bond donors (Lipinski definition) is 0. The molecule has 0 unspecified atom stereocenters. The molecule has 2 rings (SSSR count). The van der Waals surface area contributed by atoms with Crippen LogP contribution in [0.2, 0.25) is 0 Å². The fraction of sp³-hybridized carbons (Fsp3) is 0.923. The van der Waals surface area contributed by atoms with Crippen LogP contribution in [0.3, 0.4) is 0 Å². The number of amides is 1. The Morgan fingerprint density at radius 1 is 1.10 bits per heavy atom. The molecule has 1 heterocycles. The van der Waals surface area contributed by atoms with Crippen molar-refractivity contribution in [3.63, 3.8) is 0 Å². The smallest absolute Gasteiger partial charge is 0.410 e. The van der Waals surface area contributed by atoms with E-state index in [4.69, 9.17) is 4.74 Å². The summed E-state index contributed by atoms with van der Waals surface area (Å²) in [6, 6.07) is 0. The van der Waals surface area contributed by atoms with E-state index in [0.29, 0.717) is 32.6 Å². The first-order chi connectivity index (χ1) is 9.20. The molecule has 0 bridgehead atoms. The van der Waals surface area contributed by atoms with Crippen LogP contribution in [0.1, 0.15) is 40.0 Å². The minimum atomic E-state index is -3.14. The third kappa shape index (κ3) is 3.85. The maximum atomic E-state index is 12.2. The van der Waals surface area contributed by atoms with E-state index in [2.05, 4.69) is 0 Å². The number of sulfonamides is 1. The van der Waals surface area contributed by atoms with E-state index in [-0.39, 0.29) is 11.3 Å². The second kappa shape index (κ2) is 5.52. The molecule has 1 aliphatic heterocycles. The number of carbonyl (C=O) groups excluding carboxylic acids is 1. The van der Waals surface area contributed by atoms with Crippen LogP contribution in [0.25, 0.3) is 0 Å². The fourth-order valence-electron chi connectivity index (χ4n) is 2.23. The average molecular weight is 304 g/mol. The molecule has 0 N–H and O–H groups in total. The van der Waals surface area contributed by atoms with Crippen molar-refractivity contribution >= 4 is 16.1 Å². The molecule has 1 saturated heterocycles. The highest BCUT2D eigenvalue weighted by Gasteiger charge is 2.40. The summed E-state index contributed by atoms with van der Waals surface area (Å²) < 4.78 is 31.3. The van der Waals surface area contributed by atoms with Crippen molar-refractivity contribution < 1.29 is 17.9 Å². The molecule has 0 aromatic rings. The molecule has 116 valence electrons. The van der Waals surface area contributed by atoms with Crippen molar-refractivity contribution in [3.05, 3.63) is 0 Å². The summed E-state index contributed by atoms with van der Waals surface area (Å²) in [5.41, 5.74) is -0.525. The molecule has 0 radical (unpaired) electrons. The van der Waals surface area contributed by atoms with Gasteiger partial charge in [0.25, 0.3) is 0 Å². The van der Waals surface area contributed by atoms with Gasteiger partial charge in [0.1, 0.15) is 5.60 Å². The highest BCUT2D eigenvalue weighted by Crippen LogP contribution is 2.31. The van der Waals surface area contributed by atoms with Gasteiger partial charge in [0, 0.05) is 26.2 Å². The second-order valence-electron chi connectivity index (χ2n) is 6.46. The van der Waals surface area contributed by atoms with Crippen LogP contribution in [0.15, 0.2) is 0 Å². The first kappa shape index (κ1) is 15.6. The van der Waals surface area contributed by atoms with Crippen LogP contribution in [0.4, 0.5) is 4.79 Å². The van der Waals surface area contributed by atoms with E-state index < -0.39 is 15.6 Å². The minimum absolute atomic E-state index is 0.185. The summed E-state index contributed by atoms with van der Waals surface area (Å²) in [4.78, 5) is 13.6. The van der Waals surface area contributed by atoms with Crippen molar-refractivity contribution in [2.24, 2.45) is 0 Å². The average Bonchev–Trinajstić information content (AvgIpc) is 3.14. The number of rotatable bonds is 2. The largest absolute Gasteiger partial charge is 0.444 e. The zero-order valence-corrected chi connectivity index (χ0v) is 13.3. The van der Waals surface area contributed by atoms with Gasteiger partial charge in [-0.2, -0.15) is 4.31 Å². The van der Waals surface area contributed by atoms with E-state index in [1.807, 2.05) is 20.8 Å². The van der Waals surface area contributed by atoms with Crippen LogP contribution in [-0.4, -0.2) is 60.7 Å². The Morgan fingerprint density at radius 3 is 2.30 bits per heavy atom. The lowest BCUT2D eigenvalue weighted by atomic mass is 10.2. The van der Waals surface area contributed by atoms with Crippen molar-refractivity contribution in [2.75, 3.05) is 26.2 Å². The maximum absolute atomic E-state index is 12.2. The Kier molecular flexibility index (Phi) is 4.30. The zero-order chi connectivity index (χ0) is 15.0. The first-order valence-electron chi connectivity index (χ1n) is 7.17. The third-order valence-electron chi connectivity index (χ3n) is 3.41. The van der Waals surface area contributed by atoms with Crippen LogP contribution < -0.4 is 0 Å². The van der Waals surface area contributed by atoms with Crippen LogP contribution in [0, 0.1) is 0 Å². The SMILES string of the molecule is CC(C)(C)OC(=O)N1CCCN(S(=O)(=O)C2CC2)CC1. The molecule has 0 aromatic heterocycles. The van der Waals surface area contributed by atoms with Gasteiger partial charge in [-0.05, 0) is 40.0 Å². The van der Waals surface area contributed by atoms with Gasteiger partial charge in [-0.15, -0.1) is 0 Å². The zero-order valence-electron chi connectivity index (χ0n) is 12.5. The third-order valence-corrected chi connectivity index (χ3v) is 5.81. The van der Waals surface area contributed by atoms with Crippen LogP contribution in [0.5, 0.6) is 0 Å². The topological polar surface area (TPSA) is 66.9 Å². The standard InChI is InChI=1S/C13H24N2O4S/c1-13(2,3)19-12(16)14-7-4-8-15(10-9-14)20(17,18)11-5-6-11/h11H,4-10H2,1-3H3. The molecule has 2 fully saturated rings. The van der Waals surface area contributed by atoms with Gasteiger partial charge in [0.15, 0.2) is 0 Å². The summed E-state index contributed by atoms with van der Waals surface area (Å²) in [6.45, 7) is 7.30. The Balaban J connectivity index is 1.94. The van der Waals surface area contributed by atoms with Crippen molar-refractivity contribution in [1.82, 2.24) is 9.21 Å². The van der Waals surface area contributed by atoms with Crippen molar-refractivity contribution in [3.8, 4) is 0 Å². The van der Waals surface area contributed by atoms with Gasteiger partial charge in [-0.3, -0.25) is 0 Å². The van der Waals surface area contributed by atoms with Crippen molar-refractivity contribution in [1.29, 1.82) is 0 Å². The molecule has 20 heavy (non-hydrogen) atoms. The normalized spacial score (nSPS) is 22.4. The van der Waals surface area contributed by atoms with Crippen LogP contribution in [-0.2, 0) is 14.8 Å². The molecular formula is C13H24N2O4S. The second-order valence-corrected chi connectivity index (χ2v) is 8.68. The quantitative estimate of drug-likeness (QED) is 0.774. The highest BCUT2D eigenvalue weighted by molar-refractivity contribution is 7.90.